The Morgan fingerprint density at radius 3 is 2.54 bits per heavy atom. The molecule has 6 rings (SSSR count). The van der Waals surface area contributed by atoms with Gasteiger partial charge in [-0.1, -0.05) is 12.8 Å². The van der Waals surface area contributed by atoms with Gasteiger partial charge in [-0.05, 0) is 45.2 Å². The van der Waals surface area contributed by atoms with E-state index in [1.54, 1.807) is 0 Å². The normalized spacial score (nSPS) is 25.1. The molecule has 1 aliphatic carbocycles. The van der Waals surface area contributed by atoms with Crippen LogP contribution in [0.25, 0.3) is 0 Å². The number of piperazine rings is 1. The SMILES string of the molecule is CC(C)N1CCN(c2ccc(Nc3ncc4c(n3)N(C3CCCC3)C3(CCNC3=O)C4)cn2)CC1. The highest BCUT2D eigenvalue weighted by molar-refractivity contribution is 5.94. The third kappa shape index (κ3) is 3.99. The number of amides is 1. The molecule has 35 heavy (non-hydrogen) atoms. The molecule has 9 nitrogen and oxygen atoms in total. The minimum Gasteiger partial charge on any atom is -0.354 e. The number of carbonyl (C=O) groups is 1. The Kier molecular flexibility index (Phi) is 5.75. The summed E-state index contributed by atoms with van der Waals surface area (Å²) < 4.78 is 0. The molecule has 0 radical (unpaired) electrons. The molecule has 4 aliphatic rings. The molecule has 186 valence electrons. The summed E-state index contributed by atoms with van der Waals surface area (Å²) in [5.74, 6) is 2.64. The van der Waals surface area contributed by atoms with Gasteiger partial charge < -0.3 is 20.4 Å². The zero-order chi connectivity index (χ0) is 24.0. The summed E-state index contributed by atoms with van der Waals surface area (Å²) in [5, 5.41) is 6.42. The number of hydrogen-bond donors (Lipinski definition) is 2. The lowest BCUT2D eigenvalue weighted by molar-refractivity contribution is -0.123. The average Bonchev–Trinajstić information content (AvgIpc) is 3.59. The second-order valence-corrected chi connectivity index (χ2v) is 10.7. The van der Waals surface area contributed by atoms with Gasteiger partial charge in [0.05, 0.1) is 11.9 Å². The summed E-state index contributed by atoms with van der Waals surface area (Å²) in [5.41, 5.74) is 1.45. The van der Waals surface area contributed by atoms with Crippen molar-refractivity contribution < 1.29 is 4.79 Å². The lowest BCUT2D eigenvalue weighted by Gasteiger charge is -2.38. The molecule has 2 saturated heterocycles. The molecule has 3 fully saturated rings. The van der Waals surface area contributed by atoms with Gasteiger partial charge in [0.25, 0.3) is 0 Å². The fourth-order valence-electron chi connectivity index (χ4n) is 6.38. The summed E-state index contributed by atoms with van der Waals surface area (Å²) in [4.78, 5) is 34.5. The molecule has 1 atom stereocenters. The van der Waals surface area contributed by atoms with Crippen LogP contribution in [-0.4, -0.2) is 76.1 Å². The van der Waals surface area contributed by atoms with Crippen molar-refractivity contribution in [1.29, 1.82) is 0 Å². The number of nitrogens with one attached hydrogen (secondary N) is 2. The highest BCUT2D eigenvalue weighted by Gasteiger charge is 2.55. The fourth-order valence-corrected chi connectivity index (χ4v) is 6.38. The van der Waals surface area contributed by atoms with E-state index >= 15 is 0 Å². The maximum absolute atomic E-state index is 13.0. The molecule has 1 unspecified atom stereocenters. The van der Waals surface area contributed by atoms with Crippen LogP contribution in [-0.2, 0) is 11.2 Å². The number of carbonyl (C=O) groups excluding carboxylic acids is 1. The van der Waals surface area contributed by atoms with E-state index in [2.05, 4.69) is 50.2 Å². The van der Waals surface area contributed by atoms with Crippen molar-refractivity contribution in [1.82, 2.24) is 25.2 Å². The van der Waals surface area contributed by atoms with E-state index in [0.29, 0.717) is 24.5 Å². The predicted molar refractivity (Wildman–Crippen MR) is 137 cm³/mol. The third-order valence-corrected chi connectivity index (χ3v) is 8.32. The minimum absolute atomic E-state index is 0.144. The second-order valence-electron chi connectivity index (χ2n) is 10.7. The van der Waals surface area contributed by atoms with E-state index in [-0.39, 0.29) is 5.91 Å². The Morgan fingerprint density at radius 2 is 1.89 bits per heavy atom. The summed E-state index contributed by atoms with van der Waals surface area (Å²) in [6.07, 6.45) is 9.98. The molecule has 1 spiro atoms. The molecule has 2 aromatic heterocycles. The molecule has 3 aliphatic heterocycles. The van der Waals surface area contributed by atoms with Crippen LogP contribution in [0, 0.1) is 0 Å². The smallest absolute Gasteiger partial charge is 0.246 e. The fraction of sp³-hybridized carbons (Fsp3) is 0.615. The van der Waals surface area contributed by atoms with E-state index in [1.807, 2.05) is 18.5 Å². The van der Waals surface area contributed by atoms with Crippen molar-refractivity contribution in [2.45, 2.75) is 70.0 Å². The van der Waals surface area contributed by atoms with E-state index in [1.165, 1.54) is 12.8 Å². The first-order valence-electron chi connectivity index (χ1n) is 13.2. The molecule has 0 aromatic carbocycles. The maximum Gasteiger partial charge on any atom is 0.246 e. The quantitative estimate of drug-likeness (QED) is 0.681. The number of nitrogens with zero attached hydrogens (tertiary/aromatic N) is 6. The molecular weight excluding hydrogens is 440 g/mol. The van der Waals surface area contributed by atoms with Gasteiger partial charge in [0.2, 0.25) is 11.9 Å². The minimum atomic E-state index is -0.493. The Bertz CT molecular complexity index is 1080. The van der Waals surface area contributed by atoms with E-state index in [9.17, 15) is 4.79 Å². The molecule has 1 saturated carbocycles. The van der Waals surface area contributed by atoms with Gasteiger partial charge in [-0.25, -0.2) is 9.97 Å². The number of pyridine rings is 1. The monoisotopic (exact) mass is 476 g/mol. The first kappa shape index (κ1) is 22.5. The Morgan fingerprint density at radius 1 is 1.09 bits per heavy atom. The van der Waals surface area contributed by atoms with Gasteiger partial charge in [0, 0.05) is 63.0 Å². The van der Waals surface area contributed by atoms with Crippen LogP contribution in [0.15, 0.2) is 24.5 Å². The highest BCUT2D eigenvalue weighted by atomic mass is 16.2. The molecule has 5 heterocycles. The second kappa shape index (κ2) is 8.93. The molecule has 0 bridgehead atoms. The van der Waals surface area contributed by atoms with Gasteiger partial charge >= 0.3 is 0 Å². The lowest BCUT2D eigenvalue weighted by atomic mass is 9.91. The van der Waals surface area contributed by atoms with Crippen LogP contribution in [0.2, 0.25) is 0 Å². The third-order valence-electron chi connectivity index (χ3n) is 8.32. The van der Waals surface area contributed by atoms with Crippen LogP contribution < -0.4 is 20.4 Å². The molecular formula is C26H36N8O. The Balaban J connectivity index is 1.19. The van der Waals surface area contributed by atoms with E-state index in [4.69, 9.17) is 9.97 Å². The summed E-state index contributed by atoms with van der Waals surface area (Å²) in [6, 6.07) is 5.09. The van der Waals surface area contributed by atoms with Crippen molar-refractivity contribution in [3.05, 3.63) is 30.1 Å². The number of fused-ring (bicyclic) bond motifs is 1. The number of anilines is 4. The maximum atomic E-state index is 13.0. The van der Waals surface area contributed by atoms with Gasteiger partial charge in [0.1, 0.15) is 17.2 Å². The van der Waals surface area contributed by atoms with Crippen LogP contribution >= 0.6 is 0 Å². The van der Waals surface area contributed by atoms with Crippen molar-refractivity contribution in [3.63, 3.8) is 0 Å². The first-order chi connectivity index (χ1) is 17.0. The summed E-state index contributed by atoms with van der Waals surface area (Å²) >= 11 is 0. The van der Waals surface area contributed by atoms with Gasteiger partial charge in [-0.2, -0.15) is 4.98 Å². The van der Waals surface area contributed by atoms with E-state index in [0.717, 1.165) is 74.9 Å². The Labute approximate surface area is 207 Å². The van der Waals surface area contributed by atoms with Crippen LogP contribution in [0.3, 0.4) is 0 Å². The van der Waals surface area contributed by atoms with Crippen LogP contribution in [0.1, 0.15) is 51.5 Å². The standard InChI is InChI=1S/C26H36N8O/c1-18(2)32-11-13-33(14-12-32)22-8-7-20(17-28-22)30-25-29-16-19-15-26(9-10-27-24(26)35)34(23(19)31-25)21-5-3-4-6-21/h7-8,16-18,21H,3-6,9-15H2,1-2H3,(H,27,35)(H,29,30,31). The molecule has 2 aromatic rings. The first-order valence-corrected chi connectivity index (χ1v) is 13.2. The zero-order valence-corrected chi connectivity index (χ0v) is 20.8. The number of hydrogen-bond acceptors (Lipinski definition) is 8. The van der Waals surface area contributed by atoms with Gasteiger partial charge in [-0.15, -0.1) is 0 Å². The molecule has 1 amide bonds. The average molecular weight is 477 g/mol. The number of rotatable bonds is 5. The molecule has 9 heteroatoms. The highest BCUT2D eigenvalue weighted by Crippen LogP contribution is 2.46. The van der Waals surface area contributed by atoms with Crippen molar-refractivity contribution >= 4 is 29.2 Å². The molecule has 2 N–H and O–H groups in total. The summed E-state index contributed by atoms with van der Waals surface area (Å²) in [7, 11) is 0. The summed E-state index contributed by atoms with van der Waals surface area (Å²) in [6.45, 7) is 9.38. The predicted octanol–water partition coefficient (Wildman–Crippen LogP) is 2.71. The van der Waals surface area contributed by atoms with Crippen LogP contribution in [0.5, 0.6) is 0 Å². The van der Waals surface area contributed by atoms with Gasteiger partial charge in [-0.3, -0.25) is 9.69 Å². The van der Waals surface area contributed by atoms with Crippen molar-refractivity contribution in [2.75, 3.05) is 47.8 Å². The van der Waals surface area contributed by atoms with Crippen LogP contribution in [0.4, 0.5) is 23.3 Å². The number of aromatic nitrogens is 3. The Hall–Kier alpha value is -2.94. The van der Waals surface area contributed by atoms with Crippen molar-refractivity contribution in [2.24, 2.45) is 0 Å². The largest absolute Gasteiger partial charge is 0.354 e. The van der Waals surface area contributed by atoms with Crippen molar-refractivity contribution in [3.8, 4) is 0 Å². The zero-order valence-electron chi connectivity index (χ0n) is 20.8. The topological polar surface area (TPSA) is 89.5 Å². The van der Waals surface area contributed by atoms with E-state index < -0.39 is 5.54 Å². The lowest BCUT2D eigenvalue weighted by Crippen LogP contribution is -2.56. The van der Waals surface area contributed by atoms with Gasteiger partial charge in [0.15, 0.2) is 0 Å².